The number of hydrogen-bond donors (Lipinski definition) is 3. The predicted octanol–water partition coefficient (Wildman–Crippen LogP) is 13.0. The number of anilines is 3. The minimum atomic E-state index is -4.37. The minimum Gasteiger partial charge on any atom is -0.870 e. The number of carboxylic acids is 1. The van der Waals surface area contributed by atoms with Gasteiger partial charge in [0.15, 0.2) is 0 Å². The Bertz CT molecular complexity index is 7640. The summed E-state index contributed by atoms with van der Waals surface area (Å²) in [6, 6.07) is 63.7. The van der Waals surface area contributed by atoms with E-state index in [2.05, 4.69) is 19.7 Å². The fourth-order valence-electron chi connectivity index (χ4n) is 14.7. The van der Waals surface area contributed by atoms with Crippen molar-refractivity contribution in [2.75, 3.05) is 93.6 Å². The van der Waals surface area contributed by atoms with Crippen LogP contribution in [0.5, 0.6) is 17.6 Å². The maximum absolute atomic E-state index is 14.4. The number of alkyl halides is 2. The van der Waals surface area contributed by atoms with Crippen LogP contribution in [0, 0.1) is 51.4 Å². The SMILES string of the molecule is COCCn1c(Cc2ccc(-c3cccc(OCc4ccc(C#N)cc4F)n3)cc2N(S(C)(=O)=O)S(C)(=O)=O)nc2ccc(C(=O)OC)cc21.COCCn1c(Cc2ccc(-c3cccc(OCc4ccc(C#N)cc4F)n3)cc2N)nc2ccc(C(=O)OC)cc21.COCCn1c(Cc2ccc(-c3cccc(OCc4ccc(C#N)cc4F)n3)cc2NS(C)(=O)=O)nc2ccc(C(=O)O)cc21.ClCCl.[Li+].[OH-]. The summed E-state index contributed by atoms with van der Waals surface area (Å²) in [5.41, 5.74) is 18.5. The summed E-state index contributed by atoms with van der Waals surface area (Å²) >= 11 is 9.53. The van der Waals surface area contributed by atoms with Gasteiger partial charge in [0.1, 0.15) is 54.7 Å². The molecule has 15 aromatic rings. The predicted molar refractivity (Wildman–Crippen MR) is 522 cm³/mol. The number of rotatable bonds is 35. The smallest absolute Gasteiger partial charge is 0.870 e. The van der Waals surface area contributed by atoms with Gasteiger partial charge in [0.2, 0.25) is 47.7 Å². The number of aromatic nitrogens is 9. The zero-order valence-corrected chi connectivity index (χ0v) is 81.8. The number of halogens is 5. The number of nitrogens with one attached hydrogen (secondary N) is 1. The van der Waals surface area contributed by atoms with Crippen molar-refractivity contribution >= 4 is 121 Å². The van der Waals surface area contributed by atoms with E-state index in [4.69, 9.17) is 97.6 Å². The van der Waals surface area contributed by atoms with Gasteiger partial charge < -0.3 is 67.9 Å². The number of imidazole rings is 3. The second kappa shape index (κ2) is 49.8. The molecule has 5 N–H and O–H groups in total. The number of nitrogens with two attached hydrogens (primary N) is 1. The molecule has 0 saturated heterocycles. The Labute approximate surface area is 837 Å². The number of carbonyl (C=O) groups excluding carboxylic acids is 2. The standard InChI is InChI=1S/C34H32FN5O8S2.C32H28FN5O6S.C32H28FN5O4.CH2Cl2.Li.H2O/c1-46-15-14-39-31-18-25(34(41)47-2)12-13-29(31)37-32(39)19-24-11-10-23(17-30(24)40(49(3,42)43)50(4,44)45)28-6-5-7-33(38-28)48-21-26-9-8-22(20-36)16-27(26)35;1-43-13-12-38-29-16-23(32(39)40)10-11-27(29)35-30(38)17-22-9-8-21(15-28(22)37-45(2,41)42)26-4-3-5-31(36-26)44-19-24-7-6-20(18-34)14-25(24)33;1-40-13-12-38-29-16-23(32(39)41-2)10-11-28(29)36-30(38)17-21-8-9-22(15-26(21)35)27-4-3-5-31(37-27)42-19-24-7-6-20(18-34)14-25(24)33;2-1-3;;/h5-13,16-18H,14-15,19,21H2,1-4H3;3-11,14-16,37H,12-13,17,19H2,1-2H3,(H,39,40);3-11,14-16H,12-13,17,19,35H2,1-2H3;1H2;;1H2/q;;;;+1;/p-1. The van der Waals surface area contributed by atoms with E-state index in [0.717, 1.165) is 58.9 Å². The molecule has 34 nitrogen and oxygen atoms in total. The molecular weight excluding hydrogens is 1930 g/mol. The van der Waals surface area contributed by atoms with Crippen molar-refractivity contribution in [3.63, 3.8) is 0 Å². The summed E-state index contributed by atoms with van der Waals surface area (Å²) in [5, 5.41) is 36.5. The van der Waals surface area contributed by atoms with Crippen LogP contribution in [0.15, 0.2) is 218 Å². The van der Waals surface area contributed by atoms with Crippen LogP contribution in [0.3, 0.4) is 0 Å². The van der Waals surface area contributed by atoms with Gasteiger partial charge in [0, 0.05) is 117 Å². The van der Waals surface area contributed by atoms with Crippen LogP contribution in [0.25, 0.3) is 66.9 Å². The normalized spacial score (nSPS) is 11.1. The molecule has 0 aliphatic heterocycles. The fourth-order valence-corrected chi connectivity index (χ4v) is 18.3. The summed E-state index contributed by atoms with van der Waals surface area (Å²) in [7, 11) is -5.05. The van der Waals surface area contributed by atoms with E-state index in [1.807, 2.05) is 56.2 Å². The molecule has 0 atom stereocenters. The Hall–Kier alpha value is -14.8. The molecule has 15 rings (SSSR count). The number of methoxy groups -OCH3 is 5. The van der Waals surface area contributed by atoms with E-state index in [1.54, 1.807) is 148 Å². The number of nitrogen functional groups attached to an aromatic ring is 1. The molecule has 9 aromatic carbocycles. The maximum atomic E-state index is 14.4. The molecule has 0 spiro atoms. The van der Waals surface area contributed by atoms with Gasteiger partial charge in [-0.3, -0.25) is 4.72 Å². The van der Waals surface area contributed by atoms with Gasteiger partial charge in [-0.25, -0.2) is 82.7 Å². The topological polar surface area (TPSA) is 482 Å². The molecule has 0 amide bonds. The molecule has 0 saturated carbocycles. The fraction of sp³-hybridized carbons (Fsp3) is 0.212. The quantitative estimate of drug-likeness (QED) is 0.0144. The van der Waals surface area contributed by atoms with Gasteiger partial charge in [0.05, 0.1) is 171 Å². The van der Waals surface area contributed by atoms with Crippen LogP contribution in [0.4, 0.5) is 30.2 Å². The number of fused-ring (bicyclic) bond motifs is 3. The van der Waals surface area contributed by atoms with Crippen molar-refractivity contribution in [2.45, 2.75) is 58.7 Å². The largest absolute Gasteiger partial charge is 1.00 e. The number of hydrogen-bond acceptors (Lipinski definition) is 28. The molecule has 0 fully saturated rings. The van der Waals surface area contributed by atoms with E-state index < -0.39 is 65.4 Å². The summed E-state index contributed by atoms with van der Waals surface area (Å²) in [4.78, 5) is 63.8. The van der Waals surface area contributed by atoms with Gasteiger partial charge >= 0.3 is 36.8 Å². The molecule has 730 valence electrons. The van der Waals surface area contributed by atoms with Crippen LogP contribution < -0.4 is 47.2 Å². The number of nitrogens with zero attached hydrogens (tertiary/aromatic N) is 13. The van der Waals surface area contributed by atoms with Crippen molar-refractivity contribution in [3.8, 4) is 69.6 Å². The Morgan fingerprint density at radius 2 is 0.768 bits per heavy atom. The summed E-state index contributed by atoms with van der Waals surface area (Å²) in [6.07, 6.45) is 3.33. The zero-order valence-electron chi connectivity index (χ0n) is 77.8. The number of esters is 2. The Kier molecular flexibility index (Phi) is 38.3. The number of sulfonamides is 3. The Morgan fingerprint density at radius 3 is 1.11 bits per heavy atom. The van der Waals surface area contributed by atoms with Crippen LogP contribution in [0.1, 0.15) is 98.6 Å². The number of aromatic carboxylic acids is 1. The van der Waals surface area contributed by atoms with Crippen LogP contribution >= 0.6 is 23.2 Å². The number of pyridine rings is 3. The molecule has 0 aliphatic carbocycles. The van der Waals surface area contributed by atoms with E-state index in [9.17, 15) is 57.9 Å². The van der Waals surface area contributed by atoms with Gasteiger partial charge in [-0.1, -0.05) is 72.8 Å². The van der Waals surface area contributed by atoms with Crippen molar-refractivity contribution < 1.29 is 120 Å². The summed E-state index contributed by atoms with van der Waals surface area (Å²) < 4.78 is 171. The molecule has 6 aromatic heterocycles. The first kappa shape index (κ1) is 109. The average molecular weight is 2030 g/mol. The number of carboxylic acid groups (broad SMARTS) is 1. The second-order valence-electron chi connectivity index (χ2n) is 31.0. The molecule has 43 heteroatoms. The van der Waals surface area contributed by atoms with Gasteiger partial charge in [-0.15, -0.1) is 23.2 Å². The van der Waals surface area contributed by atoms with Crippen LogP contribution in [0.2, 0.25) is 0 Å². The first-order valence-electron chi connectivity index (χ1n) is 42.2. The number of ether oxygens (including phenoxy) is 8. The van der Waals surface area contributed by atoms with Crippen molar-refractivity contribution in [1.29, 1.82) is 15.8 Å². The van der Waals surface area contributed by atoms with E-state index in [-0.39, 0.29) is 120 Å². The molecule has 0 radical (unpaired) electrons. The second-order valence-corrected chi connectivity index (χ2v) is 37.4. The minimum absolute atomic E-state index is 0. The third kappa shape index (κ3) is 28.1. The molecule has 0 bridgehead atoms. The number of carbonyl (C=O) groups is 3. The monoisotopic (exact) mass is 2020 g/mol. The zero-order chi connectivity index (χ0) is 101. The van der Waals surface area contributed by atoms with Crippen molar-refractivity contribution in [2.24, 2.45) is 0 Å². The number of benzene rings is 9. The van der Waals surface area contributed by atoms with Gasteiger partial charge in [-0.05, 0) is 144 Å². The average Bonchev–Trinajstić information content (AvgIpc) is 1.62. The molecule has 6 heterocycles. The van der Waals surface area contributed by atoms with Crippen molar-refractivity contribution in [1.82, 2.24) is 43.6 Å². The Balaban J connectivity index is 0.000000215. The van der Waals surface area contributed by atoms with Crippen LogP contribution in [-0.2, 0) is 112 Å². The third-order valence-electron chi connectivity index (χ3n) is 21.3. The first-order valence-corrected chi connectivity index (χ1v) is 48.9. The molecule has 0 unspecified atom stereocenters. The summed E-state index contributed by atoms with van der Waals surface area (Å²) in [5.74, 6) is -1.17. The molecular formula is C99H91Cl2F3LiN15O19S3. The van der Waals surface area contributed by atoms with Crippen LogP contribution in [-0.4, -0.2) is 177 Å². The van der Waals surface area contributed by atoms with E-state index in [0.29, 0.717) is 150 Å². The summed E-state index contributed by atoms with van der Waals surface area (Å²) in [6.45, 7) is 2.07. The molecule has 142 heavy (non-hydrogen) atoms. The third-order valence-corrected chi connectivity index (χ3v) is 25.2. The first-order chi connectivity index (χ1) is 67.1. The van der Waals surface area contributed by atoms with E-state index >= 15 is 0 Å². The number of nitriles is 3. The van der Waals surface area contributed by atoms with Crippen molar-refractivity contribution in [3.05, 3.63) is 320 Å². The maximum Gasteiger partial charge on any atom is 1.00 e. The van der Waals surface area contributed by atoms with Gasteiger partial charge in [-0.2, -0.15) is 19.5 Å². The van der Waals surface area contributed by atoms with E-state index in [1.165, 1.54) is 69.9 Å². The Morgan fingerprint density at radius 1 is 0.437 bits per heavy atom. The molecule has 0 aliphatic rings. The van der Waals surface area contributed by atoms with Gasteiger partial charge in [0.25, 0.3) is 0 Å².